The third-order valence-electron chi connectivity index (χ3n) is 2.71. The van der Waals surface area contributed by atoms with E-state index in [1.807, 2.05) is 38.1 Å². The van der Waals surface area contributed by atoms with Crippen LogP contribution in [0.3, 0.4) is 0 Å². The van der Waals surface area contributed by atoms with Crippen molar-refractivity contribution in [3.63, 3.8) is 0 Å². The molecule has 1 heterocycles. The van der Waals surface area contributed by atoms with Crippen molar-refractivity contribution in [2.45, 2.75) is 13.5 Å². The van der Waals surface area contributed by atoms with E-state index in [0.717, 1.165) is 5.76 Å². The molecule has 0 aromatic carbocycles. The molecule has 0 spiro atoms. The van der Waals surface area contributed by atoms with Crippen molar-refractivity contribution in [3.8, 4) is 0 Å². The highest BCUT2D eigenvalue weighted by Crippen LogP contribution is 2.13. The molecule has 0 saturated carbocycles. The number of nitrogens with zero attached hydrogens (tertiary/aromatic N) is 3. The van der Waals surface area contributed by atoms with Crippen molar-refractivity contribution in [3.05, 3.63) is 23.7 Å². The van der Waals surface area contributed by atoms with Gasteiger partial charge >= 0.3 is 0 Å². The second-order valence-corrected chi connectivity index (χ2v) is 7.08. The predicted molar refractivity (Wildman–Crippen MR) is 75.0 cm³/mol. The van der Waals surface area contributed by atoms with Crippen molar-refractivity contribution in [1.29, 1.82) is 0 Å². The molecule has 7 heteroatoms. The Kier molecular flexibility index (Phi) is 5.54. The minimum absolute atomic E-state index is 0.252. The molecule has 110 valence electrons. The van der Waals surface area contributed by atoms with E-state index in [1.165, 1.54) is 22.7 Å². The van der Waals surface area contributed by atoms with E-state index in [4.69, 9.17) is 4.42 Å². The van der Waals surface area contributed by atoms with Gasteiger partial charge in [0.15, 0.2) is 0 Å². The largest absolute Gasteiger partial charge is 0.465 e. The zero-order valence-electron chi connectivity index (χ0n) is 12.3. The molecule has 0 amide bonds. The van der Waals surface area contributed by atoms with Crippen LogP contribution in [0.5, 0.6) is 0 Å². The second-order valence-electron chi connectivity index (χ2n) is 4.94. The molecule has 0 radical (unpaired) electrons. The Morgan fingerprint density at radius 1 is 1.11 bits per heavy atom. The predicted octanol–water partition coefficient (Wildman–Crippen LogP) is 0.758. The Labute approximate surface area is 115 Å². The molecule has 0 bridgehead atoms. The summed E-state index contributed by atoms with van der Waals surface area (Å²) in [7, 11) is 3.45. The lowest BCUT2D eigenvalue weighted by Gasteiger charge is -2.25. The van der Waals surface area contributed by atoms with E-state index in [2.05, 4.69) is 0 Å². The number of rotatable bonds is 7. The lowest BCUT2D eigenvalue weighted by molar-refractivity contribution is 0.297. The van der Waals surface area contributed by atoms with Crippen LogP contribution in [0, 0.1) is 6.92 Å². The second kappa shape index (κ2) is 6.51. The molecule has 0 saturated heterocycles. The number of aryl methyl sites for hydroxylation is 1. The fourth-order valence-corrected chi connectivity index (χ4v) is 2.63. The zero-order chi connectivity index (χ0) is 14.6. The fourth-order valence-electron chi connectivity index (χ4n) is 1.56. The monoisotopic (exact) mass is 289 g/mol. The Hall–Kier alpha value is -0.890. The molecular weight excluding hydrogens is 266 g/mol. The van der Waals surface area contributed by atoms with Crippen LogP contribution in [0.15, 0.2) is 16.5 Å². The highest BCUT2D eigenvalue weighted by molar-refractivity contribution is 7.86. The SMILES string of the molecule is Cc1ccc(CN(CCN(C)C)S(=O)(=O)N(C)C)o1. The van der Waals surface area contributed by atoms with Crippen LogP contribution >= 0.6 is 0 Å². The van der Waals surface area contributed by atoms with Crippen LogP contribution in [0.2, 0.25) is 0 Å². The molecule has 6 nitrogen and oxygen atoms in total. The summed E-state index contributed by atoms with van der Waals surface area (Å²) in [6, 6.07) is 3.64. The van der Waals surface area contributed by atoms with Gasteiger partial charge in [0.1, 0.15) is 11.5 Å². The Bertz CT molecular complexity index is 494. The molecule has 0 aliphatic heterocycles. The summed E-state index contributed by atoms with van der Waals surface area (Å²) in [6.45, 7) is 3.18. The molecule has 0 atom stereocenters. The van der Waals surface area contributed by atoms with E-state index in [-0.39, 0.29) is 6.54 Å². The Morgan fingerprint density at radius 2 is 1.74 bits per heavy atom. The first-order valence-electron chi connectivity index (χ1n) is 6.11. The van der Waals surface area contributed by atoms with Crippen LogP contribution in [0.4, 0.5) is 0 Å². The van der Waals surface area contributed by atoms with Gasteiger partial charge in [-0.25, -0.2) is 0 Å². The van der Waals surface area contributed by atoms with Gasteiger partial charge in [0, 0.05) is 27.2 Å². The molecule has 1 aromatic heterocycles. The van der Waals surface area contributed by atoms with Crippen LogP contribution in [0.1, 0.15) is 11.5 Å². The van der Waals surface area contributed by atoms with Gasteiger partial charge in [-0.1, -0.05) is 0 Å². The van der Waals surface area contributed by atoms with E-state index in [0.29, 0.717) is 18.8 Å². The average Bonchev–Trinajstić information content (AvgIpc) is 2.69. The summed E-state index contributed by atoms with van der Waals surface area (Å²) in [6.07, 6.45) is 0. The highest BCUT2D eigenvalue weighted by Gasteiger charge is 2.25. The first kappa shape index (κ1) is 16.2. The minimum Gasteiger partial charge on any atom is -0.465 e. The smallest absolute Gasteiger partial charge is 0.281 e. The van der Waals surface area contributed by atoms with Gasteiger partial charge in [0.25, 0.3) is 10.2 Å². The van der Waals surface area contributed by atoms with E-state index in [9.17, 15) is 8.42 Å². The topological polar surface area (TPSA) is 57.0 Å². The maximum absolute atomic E-state index is 12.2. The Morgan fingerprint density at radius 3 is 2.16 bits per heavy atom. The summed E-state index contributed by atoms with van der Waals surface area (Å²) in [5.74, 6) is 1.44. The van der Waals surface area contributed by atoms with E-state index >= 15 is 0 Å². The summed E-state index contributed by atoms with van der Waals surface area (Å²) in [4.78, 5) is 1.95. The maximum atomic E-state index is 12.2. The van der Waals surface area contributed by atoms with Crippen molar-refractivity contribution in [1.82, 2.24) is 13.5 Å². The zero-order valence-corrected chi connectivity index (χ0v) is 13.1. The first-order chi connectivity index (χ1) is 8.73. The van der Waals surface area contributed by atoms with Gasteiger partial charge in [-0.05, 0) is 33.2 Å². The molecule has 0 aliphatic carbocycles. The van der Waals surface area contributed by atoms with Crippen LogP contribution < -0.4 is 0 Å². The van der Waals surface area contributed by atoms with Crippen LogP contribution in [0.25, 0.3) is 0 Å². The third kappa shape index (κ3) is 4.61. The third-order valence-corrected chi connectivity index (χ3v) is 4.60. The highest BCUT2D eigenvalue weighted by atomic mass is 32.2. The van der Waals surface area contributed by atoms with E-state index in [1.54, 1.807) is 0 Å². The van der Waals surface area contributed by atoms with Crippen molar-refractivity contribution in [2.24, 2.45) is 0 Å². The van der Waals surface area contributed by atoms with E-state index < -0.39 is 10.2 Å². The average molecular weight is 289 g/mol. The van der Waals surface area contributed by atoms with Gasteiger partial charge in [0.05, 0.1) is 6.54 Å². The molecule has 0 fully saturated rings. The molecule has 1 aromatic rings. The summed E-state index contributed by atoms with van der Waals surface area (Å²) in [5.41, 5.74) is 0. The quantitative estimate of drug-likeness (QED) is 0.743. The van der Waals surface area contributed by atoms with Gasteiger partial charge in [-0.2, -0.15) is 17.0 Å². The molecule has 1 rings (SSSR count). The minimum atomic E-state index is -3.44. The summed E-state index contributed by atoms with van der Waals surface area (Å²) >= 11 is 0. The lowest BCUT2D eigenvalue weighted by atomic mass is 10.4. The normalized spacial score (nSPS) is 12.8. The van der Waals surface area contributed by atoms with Gasteiger partial charge < -0.3 is 9.32 Å². The summed E-state index contributed by atoms with van der Waals surface area (Å²) in [5, 5.41) is 0. The number of furan rings is 1. The molecule has 0 aliphatic rings. The van der Waals surface area contributed by atoms with Crippen molar-refractivity contribution in [2.75, 3.05) is 41.3 Å². The van der Waals surface area contributed by atoms with Crippen LogP contribution in [-0.4, -0.2) is 63.2 Å². The first-order valence-corrected chi connectivity index (χ1v) is 7.51. The fraction of sp³-hybridized carbons (Fsp3) is 0.667. The molecule has 0 N–H and O–H groups in total. The van der Waals surface area contributed by atoms with Crippen LogP contribution in [-0.2, 0) is 16.8 Å². The molecule has 19 heavy (non-hydrogen) atoms. The molecule has 0 unspecified atom stereocenters. The lowest BCUT2D eigenvalue weighted by Crippen LogP contribution is -2.42. The van der Waals surface area contributed by atoms with Gasteiger partial charge in [0.2, 0.25) is 0 Å². The molecular formula is C12H23N3O3S. The Balaban J connectivity index is 2.86. The van der Waals surface area contributed by atoms with Crippen molar-refractivity contribution < 1.29 is 12.8 Å². The van der Waals surface area contributed by atoms with Gasteiger partial charge in [-0.3, -0.25) is 0 Å². The number of likely N-dealkylation sites (N-methyl/N-ethyl adjacent to an activating group) is 1. The standard InChI is InChI=1S/C12H23N3O3S/c1-11-6-7-12(18-11)10-15(9-8-13(2)3)19(16,17)14(4)5/h6-7H,8-10H2,1-5H3. The van der Waals surface area contributed by atoms with Gasteiger partial charge in [-0.15, -0.1) is 0 Å². The maximum Gasteiger partial charge on any atom is 0.281 e. The number of hydrogen-bond donors (Lipinski definition) is 0. The number of hydrogen-bond acceptors (Lipinski definition) is 4. The van der Waals surface area contributed by atoms with Crippen molar-refractivity contribution >= 4 is 10.2 Å². The summed E-state index contributed by atoms with van der Waals surface area (Å²) < 4.78 is 32.6.